The molecule has 0 aliphatic carbocycles. The highest BCUT2D eigenvalue weighted by Crippen LogP contribution is 2.17. The number of aromatic nitrogens is 2. The molecule has 0 aliphatic heterocycles. The van der Waals surface area contributed by atoms with Crippen molar-refractivity contribution in [1.29, 1.82) is 0 Å². The van der Waals surface area contributed by atoms with E-state index in [2.05, 4.69) is 9.97 Å². The number of anilines is 1. The fraction of sp³-hybridized carbons (Fsp3) is 0.308. The lowest BCUT2D eigenvalue weighted by Gasteiger charge is -2.19. The van der Waals surface area contributed by atoms with Gasteiger partial charge in [-0.3, -0.25) is 0 Å². The quantitative estimate of drug-likeness (QED) is 0.818. The molecule has 108 valence electrons. The summed E-state index contributed by atoms with van der Waals surface area (Å²) in [4.78, 5) is 6.70. The first kappa shape index (κ1) is 14.5. The second-order valence-corrected chi connectivity index (χ2v) is 6.42. The summed E-state index contributed by atoms with van der Waals surface area (Å²) in [5.74, 6) is 0.573. The third kappa shape index (κ3) is 3.00. The molecule has 1 aromatic heterocycles. The van der Waals surface area contributed by atoms with Crippen molar-refractivity contribution in [3.8, 4) is 0 Å². The van der Waals surface area contributed by atoms with E-state index in [1.807, 2.05) is 12.1 Å². The molecule has 0 amide bonds. The molecule has 3 N–H and O–H groups in total. The summed E-state index contributed by atoms with van der Waals surface area (Å²) in [5.41, 5.74) is 7.19. The zero-order valence-electron chi connectivity index (χ0n) is 11.5. The van der Waals surface area contributed by atoms with Gasteiger partial charge in [0.2, 0.25) is 0 Å². The van der Waals surface area contributed by atoms with Crippen molar-refractivity contribution in [3.05, 3.63) is 41.9 Å². The van der Waals surface area contributed by atoms with Crippen LogP contribution in [0.4, 0.5) is 5.69 Å². The van der Waals surface area contributed by atoms with Crippen LogP contribution >= 0.6 is 0 Å². The molecule has 7 heteroatoms. The third-order valence-electron chi connectivity index (χ3n) is 2.96. The highest BCUT2D eigenvalue weighted by atomic mass is 32.2. The van der Waals surface area contributed by atoms with Gasteiger partial charge in [-0.25, -0.2) is 13.4 Å². The Morgan fingerprint density at radius 2 is 2.15 bits per heavy atom. The first-order valence-corrected chi connectivity index (χ1v) is 7.73. The second kappa shape index (κ2) is 5.64. The van der Waals surface area contributed by atoms with Crippen LogP contribution in [0, 0.1) is 6.92 Å². The summed E-state index contributed by atoms with van der Waals surface area (Å²) in [7, 11) is -3.57. The summed E-state index contributed by atoms with van der Waals surface area (Å²) in [6.45, 7) is 4.16. The predicted octanol–water partition coefficient (Wildman–Crippen LogP) is 1.51. The lowest BCUT2D eigenvalue weighted by Crippen LogP contribution is -2.30. The van der Waals surface area contributed by atoms with Crippen molar-refractivity contribution in [2.24, 2.45) is 0 Å². The van der Waals surface area contributed by atoms with Gasteiger partial charge in [-0.1, -0.05) is 19.1 Å². The number of sulfonamides is 1. The van der Waals surface area contributed by atoms with Crippen LogP contribution in [-0.2, 0) is 16.6 Å². The first-order chi connectivity index (χ1) is 9.43. The Morgan fingerprint density at radius 1 is 1.40 bits per heavy atom. The Kier molecular flexibility index (Phi) is 4.10. The molecule has 20 heavy (non-hydrogen) atoms. The SMILES string of the molecule is CCN(Cc1cccc(N)c1)S(=O)(=O)c1cnc(C)[nH]1. The Morgan fingerprint density at radius 3 is 2.70 bits per heavy atom. The minimum absolute atomic E-state index is 0.112. The molecule has 0 saturated heterocycles. The number of imidazole rings is 1. The molecule has 0 spiro atoms. The van der Waals surface area contributed by atoms with Gasteiger partial charge in [0.1, 0.15) is 5.82 Å². The van der Waals surface area contributed by atoms with Crippen LogP contribution in [0.1, 0.15) is 18.3 Å². The van der Waals surface area contributed by atoms with Crippen LogP contribution < -0.4 is 5.73 Å². The zero-order chi connectivity index (χ0) is 14.8. The summed E-state index contributed by atoms with van der Waals surface area (Å²) in [6, 6.07) is 7.21. The molecule has 0 saturated carbocycles. The van der Waals surface area contributed by atoms with Crippen LogP contribution in [0.3, 0.4) is 0 Å². The number of aromatic amines is 1. The fourth-order valence-electron chi connectivity index (χ4n) is 1.93. The number of nitrogens with zero attached hydrogens (tertiary/aromatic N) is 2. The van der Waals surface area contributed by atoms with Gasteiger partial charge >= 0.3 is 0 Å². The average Bonchev–Trinajstić information content (AvgIpc) is 2.83. The van der Waals surface area contributed by atoms with E-state index >= 15 is 0 Å². The number of hydrogen-bond acceptors (Lipinski definition) is 4. The van der Waals surface area contributed by atoms with Gasteiger partial charge in [0, 0.05) is 18.8 Å². The Balaban J connectivity index is 2.28. The molecule has 0 radical (unpaired) electrons. The van der Waals surface area contributed by atoms with Gasteiger partial charge in [0.25, 0.3) is 10.0 Å². The van der Waals surface area contributed by atoms with Gasteiger partial charge in [-0.15, -0.1) is 0 Å². The zero-order valence-corrected chi connectivity index (χ0v) is 12.3. The number of nitrogen functional groups attached to an aromatic ring is 1. The van der Waals surface area contributed by atoms with E-state index in [9.17, 15) is 8.42 Å². The van der Waals surface area contributed by atoms with Gasteiger partial charge in [-0.2, -0.15) is 4.31 Å². The maximum absolute atomic E-state index is 12.5. The van der Waals surface area contributed by atoms with E-state index in [-0.39, 0.29) is 11.6 Å². The number of nitrogens with one attached hydrogen (secondary N) is 1. The molecule has 0 fully saturated rings. The van der Waals surface area contributed by atoms with Crippen molar-refractivity contribution >= 4 is 15.7 Å². The van der Waals surface area contributed by atoms with Gasteiger partial charge in [0.15, 0.2) is 5.03 Å². The molecule has 0 bridgehead atoms. The molecule has 1 heterocycles. The molecule has 6 nitrogen and oxygen atoms in total. The molecule has 0 unspecified atom stereocenters. The van der Waals surface area contributed by atoms with Crippen LogP contribution in [0.15, 0.2) is 35.5 Å². The van der Waals surface area contributed by atoms with Gasteiger partial charge < -0.3 is 10.7 Å². The summed E-state index contributed by atoms with van der Waals surface area (Å²) in [6.07, 6.45) is 1.34. The molecule has 1 aromatic carbocycles. The Hall–Kier alpha value is -1.86. The smallest absolute Gasteiger partial charge is 0.260 e. The number of H-pyrrole nitrogens is 1. The van der Waals surface area contributed by atoms with E-state index in [4.69, 9.17) is 5.73 Å². The van der Waals surface area contributed by atoms with E-state index < -0.39 is 10.0 Å². The standard InChI is InChI=1S/C13H18N4O2S/c1-3-17(9-11-5-4-6-12(14)7-11)20(18,19)13-8-15-10(2)16-13/h4-8H,3,9,14H2,1-2H3,(H,15,16). The van der Waals surface area contributed by atoms with Crippen LogP contribution in [-0.4, -0.2) is 29.2 Å². The normalized spacial score (nSPS) is 11.9. The maximum Gasteiger partial charge on any atom is 0.260 e. The lowest BCUT2D eigenvalue weighted by molar-refractivity contribution is 0.421. The number of nitrogens with two attached hydrogens (primary N) is 1. The number of benzene rings is 1. The Labute approximate surface area is 118 Å². The predicted molar refractivity (Wildman–Crippen MR) is 77.4 cm³/mol. The van der Waals surface area contributed by atoms with E-state index in [1.165, 1.54) is 10.5 Å². The van der Waals surface area contributed by atoms with E-state index in [0.29, 0.717) is 18.1 Å². The summed E-state index contributed by atoms with van der Waals surface area (Å²) >= 11 is 0. The molecular formula is C13H18N4O2S. The third-order valence-corrected chi connectivity index (χ3v) is 4.79. The van der Waals surface area contributed by atoms with Crippen molar-refractivity contribution < 1.29 is 8.42 Å². The molecular weight excluding hydrogens is 276 g/mol. The number of rotatable bonds is 5. The summed E-state index contributed by atoms with van der Waals surface area (Å²) < 4.78 is 26.4. The molecule has 2 aromatic rings. The second-order valence-electron chi connectivity index (χ2n) is 4.51. The van der Waals surface area contributed by atoms with Crippen molar-refractivity contribution in [2.75, 3.05) is 12.3 Å². The molecule has 0 aliphatic rings. The average molecular weight is 294 g/mol. The van der Waals surface area contributed by atoms with Gasteiger partial charge in [-0.05, 0) is 24.6 Å². The Bertz CT molecular complexity index is 694. The molecule has 0 atom stereocenters. The van der Waals surface area contributed by atoms with Crippen molar-refractivity contribution in [1.82, 2.24) is 14.3 Å². The first-order valence-electron chi connectivity index (χ1n) is 6.29. The van der Waals surface area contributed by atoms with Crippen molar-refractivity contribution in [2.45, 2.75) is 25.4 Å². The minimum atomic E-state index is -3.57. The van der Waals surface area contributed by atoms with E-state index in [0.717, 1.165) is 5.56 Å². The van der Waals surface area contributed by atoms with Gasteiger partial charge in [0.05, 0.1) is 6.20 Å². The molecule has 2 rings (SSSR count). The largest absolute Gasteiger partial charge is 0.399 e. The lowest BCUT2D eigenvalue weighted by atomic mass is 10.2. The maximum atomic E-state index is 12.5. The fourth-order valence-corrected chi connectivity index (χ4v) is 3.33. The van der Waals surface area contributed by atoms with Crippen LogP contribution in [0.5, 0.6) is 0 Å². The minimum Gasteiger partial charge on any atom is -0.399 e. The monoisotopic (exact) mass is 294 g/mol. The highest BCUT2D eigenvalue weighted by molar-refractivity contribution is 7.89. The van der Waals surface area contributed by atoms with Crippen molar-refractivity contribution in [3.63, 3.8) is 0 Å². The number of aryl methyl sites for hydroxylation is 1. The number of hydrogen-bond donors (Lipinski definition) is 2. The topological polar surface area (TPSA) is 92.1 Å². The summed E-state index contributed by atoms with van der Waals surface area (Å²) in [5, 5.41) is 0.112. The van der Waals surface area contributed by atoms with Crippen LogP contribution in [0.2, 0.25) is 0 Å². The van der Waals surface area contributed by atoms with E-state index in [1.54, 1.807) is 26.0 Å². The highest BCUT2D eigenvalue weighted by Gasteiger charge is 2.25. The van der Waals surface area contributed by atoms with Crippen LogP contribution in [0.25, 0.3) is 0 Å².